The average molecular weight is 775 g/mol. The fourth-order valence-electron chi connectivity index (χ4n) is 7.86. The van der Waals surface area contributed by atoms with E-state index in [-0.39, 0.29) is 16.4 Å². The van der Waals surface area contributed by atoms with E-state index in [1.54, 1.807) is 24.3 Å². The summed E-state index contributed by atoms with van der Waals surface area (Å²) in [6.07, 6.45) is 10.7. The lowest BCUT2D eigenvalue weighted by molar-refractivity contribution is 0.0686. The van der Waals surface area contributed by atoms with Gasteiger partial charge in [-0.2, -0.15) is 0 Å². The van der Waals surface area contributed by atoms with Crippen molar-refractivity contribution in [3.63, 3.8) is 0 Å². The number of aryl methyl sites for hydroxylation is 1. The number of carboxylic acid groups (broad SMARTS) is 2. The Bertz CT molecular complexity index is 2460. The zero-order valence-electron chi connectivity index (χ0n) is 33.9. The van der Waals surface area contributed by atoms with Crippen molar-refractivity contribution in [3.05, 3.63) is 194 Å². The van der Waals surface area contributed by atoms with Gasteiger partial charge in [-0.15, -0.1) is 0 Å². The van der Waals surface area contributed by atoms with E-state index in [0.717, 1.165) is 40.7 Å². The van der Waals surface area contributed by atoms with Crippen LogP contribution in [0.1, 0.15) is 131 Å². The summed E-state index contributed by atoms with van der Waals surface area (Å²) in [5, 5.41) is 18.6. The summed E-state index contributed by atoms with van der Waals surface area (Å²) in [4.78, 5) is 22.2. The Hall–Kier alpha value is -5.71. The number of aromatic carboxylic acids is 2. The van der Waals surface area contributed by atoms with Gasteiger partial charge in [-0.3, -0.25) is 0 Å². The topological polar surface area (TPSA) is 74.6 Å². The highest BCUT2D eigenvalue weighted by atomic mass is 35.5. The summed E-state index contributed by atoms with van der Waals surface area (Å²) >= 11 is 6.27. The molecule has 57 heavy (non-hydrogen) atoms. The van der Waals surface area contributed by atoms with Crippen LogP contribution in [0.4, 0.5) is 0 Å². The molecular weight excluding hydrogens is 724 g/mol. The van der Waals surface area contributed by atoms with Crippen molar-refractivity contribution in [1.29, 1.82) is 0 Å². The van der Waals surface area contributed by atoms with Crippen LogP contribution < -0.4 is 0 Å². The van der Waals surface area contributed by atoms with Crippen molar-refractivity contribution in [3.8, 4) is 0 Å². The Morgan fingerprint density at radius 3 is 1.95 bits per heavy atom. The van der Waals surface area contributed by atoms with Crippen LogP contribution in [0.25, 0.3) is 28.9 Å². The lowest BCUT2D eigenvalue weighted by atomic mass is 9.70. The normalized spacial score (nSPS) is 15.1. The van der Waals surface area contributed by atoms with Crippen molar-refractivity contribution in [2.24, 2.45) is 5.92 Å². The molecular formula is C52H51ClO4. The van der Waals surface area contributed by atoms with Gasteiger partial charge in [-0.05, 0) is 145 Å². The van der Waals surface area contributed by atoms with Gasteiger partial charge in [0.1, 0.15) is 0 Å². The van der Waals surface area contributed by atoms with Crippen LogP contribution in [-0.2, 0) is 10.8 Å². The molecule has 0 saturated heterocycles. The van der Waals surface area contributed by atoms with Crippen molar-refractivity contribution in [1.82, 2.24) is 0 Å². The van der Waals surface area contributed by atoms with Gasteiger partial charge in [0.25, 0.3) is 0 Å². The minimum absolute atomic E-state index is 0.0891. The van der Waals surface area contributed by atoms with E-state index in [4.69, 9.17) is 21.8 Å². The highest BCUT2D eigenvalue weighted by Crippen LogP contribution is 2.44. The predicted molar refractivity (Wildman–Crippen MR) is 238 cm³/mol. The molecule has 0 fully saturated rings. The number of rotatable bonds is 8. The molecule has 0 radical (unpaired) electrons. The second kappa shape index (κ2) is 16.4. The number of carbonyl (C=O) groups is 2. The average Bonchev–Trinajstić information content (AvgIpc) is 3.17. The van der Waals surface area contributed by atoms with Crippen molar-refractivity contribution in [2.45, 2.75) is 72.1 Å². The van der Waals surface area contributed by atoms with E-state index in [1.165, 1.54) is 50.6 Å². The molecule has 7 rings (SSSR count). The van der Waals surface area contributed by atoms with Crippen molar-refractivity contribution in [2.75, 3.05) is 0 Å². The van der Waals surface area contributed by atoms with E-state index >= 15 is 0 Å². The first-order valence-electron chi connectivity index (χ1n) is 19.5. The molecule has 5 heteroatoms. The molecule has 0 atom stereocenters. The first kappa shape index (κ1) is 40.9. The molecule has 0 aliphatic heterocycles. The Labute approximate surface area is 342 Å². The number of carboxylic acids is 2. The van der Waals surface area contributed by atoms with Crippen molar-refractivity contribution < 1.29 is 19.8 Å². The van der Waals surface area contributed by atoms with E-state index in [2.05, 4.69) is 122 Å². The van der Waals surface area contributed by atoms with Gasteiger partial charge in [0.2, 0.25) is 0 Å². The van der Waals surface area contributed by atoms with Crippen molar-refractivity contribution >= 4 is 52.4 Å². The monoisotopic (exact) mass is 774 g/mol. The summed E-state index contributed by atoms with van der Waals surface area (Å²) < 4.78 is 0. The molecule has 0 aromatic heterocycles. The lowest BCUT2D eigenvalue weighted by Crippen LogP contribution is -2.23. The highest BCUT2D eigenvalue weighted by Gasteiger charge is 2.31. The zero-order chi connectivity index (χ0) is 41.2. The third-order valence-corrected chi connectivity index (χ3v) is 11.7. The maximum absolute atomic E-state index is 11.1. The maximum Gasteiger partial charge on any atom is 0.335 e. The molecule has 4 nitrogen and oxygen atoms in total. The van der Waals surface area contributed by atoms with Gasteiger partial charge in [0, 0.05) is 5.02 Å². The van der Waals surface area contributed by atoms with Crippen LogP contribution in [0, 0.1) is 12.8 Å². The number of fused-ring (bicyclic) bond motifs is 2. The van der Waals surface area contributed by atoms with E-state index in [1.807, 2.05) is 30.4 Å². The number of hydrogen-bond acceptors (Lipinski definition) is 2. The predicted octanol–water partition coefficient (Wildman–Crippen LogP) is 13.8. The molecule has 2 aliphatic rings. The number of halogens is 1. The van der Waals surface area contributed by atoms with Gasteiger partial charge in [0.05, 0.1) is 11.1 Å². The fraction of sp³-hybridized carbons (Fsp3) is 0.231. The summed E-state index contributed by atoms with van der Waals surface area (Å²) in [5.41, 5.74) is 16.0. The third-order valence-electron chi connectivity index (χ3n) is 11.3. The molecule has 5 aromatic carbocycles. The summed E-state index contributed by atoms with van der Waals surface area (Å²) in [6.45, 7) is 20.1. The first-order chi connectivity index (χ1) is 27.0. The second-order valence-electron chi connectivity index (χ2n) is 16.7. The maximum atomic E-state index is 11.1. The third kappa shape index (κ3) is 8.82. The van der Waals surface area contributed by atoms with E-state index < -0.39 is 11.9 Å². The second-order valence-corrected chi connectivity index (χ2v) is 17.1. The number of hydrogen-bond donors (Lipinski definition) is 2. The molecule has 2 N–H and O–H groups in total. The Morgan fingerprint density at radius 2 is 1.32 bits per heavy atom. The largest absolute Gasteiger partial charge is 0.478 e. The van der Waals surface area contributed by atoms with Gasteiger partial charge in [0.15, 0.2) is 0 Å². The minimum Gasteiger partial charge on any atom is -0.478 e. The van der Waals surface area contributed by atoms with Gasteiger partial charge in [-0.1, -0.05) is 151 Å². The Balaban J connectivity index is 0.000000194. The quantitative estimate of drug-likeness (QED) is 0.154. The SMILES string of the molecule is C=C(c1ccc(C(=O)O)cc1)c1cc2c(cc1C)C(C)(C)CC=C2C(C)C.CC1(C)CC=C(c2ccccc2)c2cc(/C=C/c3ccc(C(=O)O)cc3Cl)ccc21. The zero-order valence-corrected chi connectivity index (χ0v) is 34.7. The highest BCUT2D eigenvalue weighted by molar-refractivity contribution is 6.32. The standard InChI is InChI=1S/C27H23ClO2.C25H28O2/c1-27(2)15-14-22(19-6-4-3-5-7-19)23-16-18(9-13-24(23)27)8-10-20-11-12-21(26(29)30)17-25(20)28;1-15(2)20-11-12-25(5,6)23-13-16(3)21(14-22(20)23)17(4)18-7-9-19(10-8-18)24(26)27/h3-14,16-17H,15H2,1-2H3,(H,29,30);7-11,13-15H,4,12H2,1-3,5-6H3,(H,26,27)/b10-8+;. The smallest absolute Gasteiger partial charge is 0.335 e. The van der Waals surface area contributed by atoms with E-state index in [9.17, 15) is 9.59 Å². The fourth-order valence-corrected chi connectivity index (χ4v) is 8.10. The molecule has 0 unspecified atom stereocenters. The molecule has 0 amide bonds. The first-order valence-corrected chi connectivity index (χ1v) is 19.8. The van der Waals surface area contributed by atoms with Gasteiger partial charge < -0.3 is 10.2 Å². The molecule has 0 saturated carbocycles. The van der Waals surface area contributed by atoms with Crippen LogP contribution >= 0.6 is 11.6 Å². The Morgan fingerprint density at radius 1 is 0.702 bits per heavy atom. The Kier molecular flexibility index (Phi) is 11.8. The van der Waals surface area contributed by atoms with Gasteiger partial charge in [-0.25, -0.2) is 9.59 Å². The summed E-state index contributed by atoms with van der Waals surface area (Å²) in [7, 11) is 0. The van der Waals surface area contributed by atoms with Gasteiger partial charge >= 0.3 is 11.9 Å². The number of benzene rings is 5. The minimum atomic E-state index is -0.982. The molecule has 0 spiro atoms. The summed E-state index contributed by atoms with van der Waals surface area (Å²) in [5.74, 6) is -1.42. The van der Waals surface area contributed by atoms with E-state index in [0.29, 0.717) is 16.5 Å². The molecule has 0 bridgehead atoms. The molecule has 0 heterocycles. The number of allylic oxidation sites excluding steroid dienone is 3. The van der Waals surface area contributed by atoms with Crippen LogP contribution in [0.15, 0.2) is 122 Å². The van der Waals surface area contributed by atoms with Crippen LogP contribution in [0.3, 0.4) is 0 Å². The summed E-state index contributed by atoms with van der Waals surface area (Å²) in [6, 6.07) is 33.4. The molecule has 290 valence electrons. The molecule has 5 aromatic rings. The van der Waals surface area contributed by atoms with Crippen LogP contribution in [-0.4, -0.2) is 22.2 Å². The van der Waals surface area contributed by atoms with Crippen LogP contribution in [0.2, 0.25) is 5.02 Å². The lowest BCUT2D eigenvalue weighted by Gasteiger charge is -2.34. The van der Waals surface area contributed by atoms with Crippen LogP contribution in [0.5, 0.6) is 0 Å². The molecule has 2 aliphatic carbocycles.